The summed E-state index contributed by atoms with van der Waals surface area (Å²) >= 11 is 0. The van der Waals surface area contributed by atoms with Crippen LogP contribution in [0.2, 0.25) is 0 Å². The van der Waals surface area contributed by atoms with E-state index in [1.807, 2.05) is 36.4 Å². The smallest absolute Gasteiger partial charge is 0.305 e. The van der Waals surface area contributed by atoms with Gasteiger partial charge in [0.2, 0.25) is 0 Å². The van der Waals surface area contributed by atoms with Crippen molar-refractivity contribution in [1.82, 2.24) is 4.98 Å². The van der Waals surface area contributed by atoms with Crippen molar-refractivity contribution in [2.75, 3.05) is 6.61 Å². The Balaban J connectivity index is 1.52. The summed E-state index contributed by atoms with van der Waals surface area (Å²) in [6.07, 6.45) is 2.11. The van der Waals surface area contributed by atoms with Crippen LogP contribution in [0.3, 0.4) is 0 Å². The predicted molar refractivity (Wildman–Crippen MR) is 160 cm³/mol. The number of para-hydroxylation sites is 1. The molecule has 0 fully saturated rings. The number of aryl methyl sites for hydroxylation is 1. The Labute approximate surface area is 236 Å². The minimum atomic E-state index is -0.403. The Morgan fingerprint density at radius 3 is 2.35 bits per heavy atom. The monoisotopic (exact) mass is 535 g/mol. The highest BCUT2D eigenvalue weighted by atomic mass is 16.5. The predicted octanol–water partition coefficient (Wildman–Crippen LogP) is 7.63. The van der Waals surface area contributed by atoms with Gasteiger partial charge < -0.3 is 14.5 Å². The van der Waals surface area contributed by atoms with Crippen LogP contribution in [-0.4, -0.2) is 23.3 Å². The second kappa shape index (κ2) is 13.7. The minimum Gasteiger partial charge on any atom is -0.473 e. The number of carbonyl (C=O) groups is 2. The lowest BCUT2D eigenvalue weighted by Gasteiger charge is -2.15. The highest BCUT2D eigenvalue weighted by molar-refractivity contribution is 6.17. The van der Waals surface area contributed by atoms with Crippen molar-refractivity contribution in [3.05, 3.63) is 101 Å². The Hall–Kier alpha value is -4.30. The van der Waals surface area contributed by atoms with Crippen molar-refractivity contribution >= 4 is 22.7 Å². The van der Waals surface area contributed by atoms with Crippen molar-refractivity contribution in [3.8, 4) is 17.6 Å². The molecule has 0 amide bonds. The highest BCUT2D eigenvalue weighted by Crippen LogP contribution is 2.28. The molecule has 3 aromatic carbocycles. The minimum absolute atomic E-state index is 0.0687. The number of rotatable bonds is 12. The van der Waals surface area contributed by atoms with Crippen LogP contribution in [0, 0.1) is 17.8 Å². The van der Waals surface area contributed by atoms with Gasteiger partial charge in [0.1, 0.15) is 5.75 Å². The molecule has 0 bridgehead atoms. The van der Waals surface area contributed by atoms with Crippen LogP contribution in [0.5, 0.6) is 5.75 Å². The molecule has 1 N–H and O–H groups in total. The first-order chi connectivity index (χ1) is 19.4. The van der Waals surface area contributed by atoms with Gasteiger partial charge in [-0.2, -0.15) is 0 Å². The van der Waals surface area contributed by atoms with E-state index in [0.717, 1.165) is 28.6 Å². The molecule has 1 aromatic heterocycles. The van der Waals surface area contributed by atoms with E-state index in [4.69, 9.17) is 9.47 Å². The molecular weight excluding hydrogens is 498 g/mol. The zero-order valence-electron chi connectivity index (χ0n) is 23.8. The van der Waals surface area contributed by atoms with Gasteiger partial charge in [0.25, 0.3) is 0 Å². The normalized spacial score (nSPS) is 11.6. The lowest BCUT2D eigenvalue weighted by atomic mass is 9.98. The number of hydrogen-bond acceptors (Lipinski definition) is 4. The topological polar surface area (TPSA) is 68.4 Å². The fraction of sp³-hybridized carbons (Fsp3) is 0.314. The SMILES string of the molecule is CC#CC(Oc1ccc(C(=O)c2c(CCCC(=O)OCC)[nH]c3ccccc23)cc1)c1ccc(CC(C)C)cc1. The second-order valence-electron chi connectivity index (χ2n) is 10.3. The van der Waals surface area contributed by atoms with Crippen LogP contribution < -0.4 is 4.74 Å². The summed E-state index contributed by atoms with van der Waals surface area (Å²) in [7, 11) is 0. The molecule has 0 aliphatic heterocycles. The maximum Gasteiger partial charge on any atom is 0.305 e. The molecular formula is C35H37NO4. The Kier molecular flexibility index (Phi) is 9.81. The van der Waals surface area contributed by atoms with Crippen LogP contribution in [0.4, 0.5) is 0 Å². The van der Waals surface area contributed by atoms with Crippen LogP contribution in [0.1, 0.15) is 79.4 Å². The van der Waals surface area contributed by atoms with E-state index in [1.165, 1.54) is 5.56 Å². The van der Waals surface area contributed by atoms with Crippen LogP contribution in [0.25, 0.3) is 10.9 Å². The Morgan fingerprint density at radius 2 is 1.68 bits per heavy atom. The van der Waals surface area contributed by atoms with Crippen LogP contribution in [0.15, 0.2) is 72.8 Å². The van der Waals surface area contributed by atoms with Gasteiger partial charge in [-0.25, -0.2) is 0 Å². The number of benzene rings is 3. The number of esters is 1. The molecule has 1 atom stereocenters. The number of aromatic nitrogens is 1. The summed E-state index contributed by atoms with van der Waals surface area (Å²) in [4.78, 5) is 28.9. The van der Waals surface area contributed by atoms with E-state index in [-0.39, 0.29) is 11.8 Å². The molecule has 0 saturated heterocycles. The number of carbonyl (C=O) groups excluding carboxylic acids is 2. The molecule has 5 heteroatoms. The highest BCUT2D eigenvalue weighted by Gasteiger charge is 2.20. The lowest BCUT2D eigenvalue weighted by Crippen LogP contribution is -2.08. The first-order valence-electron chi connectivity index (χ1n) is 14.0. The molecule has 206 valence electrons. The lowest BCUT2D eigenvalue weighted by molar-refractivity contribution is -0.143. The number of nitrogens with one attached hydrogen (secondary N) is 1. The fourth-order valence-corrected chi connectivity index (χ4v) is 4.86. The maximum atomic E-state index is 13.7. The van der Waals surface area contributed by atoms with Crippen molar-refractivity contribution in [2.45, 2.75) is 59.5 Å². The van der Waals surface area contributed by atoms with E-state index < -0.39 is 6.10 Å². The van der Waals surface area contributed by atoms with Crippen LogP contribution >= 0.6 is 0 Å². The molecule has 5 nitrogen and oxygen atoms in total. The van der Waals surface area contributed by atoms with E-state index in [1.54, 1.807) is 26.0 Å². The molecule has 4 aromatic rings. The first kappa shape index (κ1) is 28.7. The van der Waals surface area contributed by atoms with Crippen molar-refractivity contribution in [3.63, 3.8) is 0 Å². The van der Waals surface area contributed by atoms with Gasteiger partial charge in [-0.05, 0) is 74.9 Å². The molecule has 4 rings (SSSR count). The number of ketones is 1. The zero-order chi connectivity index (χ0) is 28.5. The Bertz CT molecular complexity index is 1500. The molecule has 1 heterocycles. The maximum absolute atomic E-state index is 13.7. The van der Waals surface area contributed by atoms with Crippen molar-refractivity contribution in [2.24, 2.45) is 5.92 Å². The third-order valence-corrected chi connectivity index (χ3v) is 6.70. The molecule has 0 radical (unpaired) electrons. The average Bonchev–Trinajstić information content (AvgIpc) is 3.31. The summed E-state index contributed by atoms with van der Waals surface area (Å²) in [6, 6.07) is 23.4. The third kappa shape index (κ3) is 7.21. The van der Waals surface area contributed by atoms with E-state index in [0.29, 0.717) is 48.7 Å². The number of hydrogen-bond donors (Lipinski definition) is 1. The second-order valence-corrected chi connectivity index (χ2v) is 10.3. The zero-order valence-corrected chi connectivity index (χ0v) is 23.8. The Morgan fingerprint density at radius 1 is 0.950 bits per heavy atom. The van der Waals surface area contributed by atoms with E-state index in [2.05, 4.69) is 54.9 Å². The molecule has 40 heavy (non-hydrogen) atoms. The van der Waals surface area contributed by atoms with Crippen molar-refractivity contribution < 1.29 is 19.1 Å². The van der Waals surface area contributed by atoms with Crippen LogP contribution in [-0.2, 0) is 22.4 Å². The molecule has 1 unspecified atom stereocenters. The van der Waals surface area contributed by atoms with Gasteiger partial charge in [0.15, 0.2) is 11.9 Å². The molecule has 0 aliphatic carbocycles. The van der Waals surface area contributed by atoms with Gasteiger partial charge in [0.05, 0.1) is 12.2 Å². The standard InChI is InChI=1S/C35H37NO4/c1-5-10-32(26-17-15-25(16-18-26)23-24(3)4)40-28-21-19-27(20-22-28)35(38)34-29-11-7-8-12-30(29)36-31(34)13-9-14-33(37)39-6-2/h7-8,11-12,15-22,24,32,36H,6,9,13-14,23H2,1-4H3. The quantitative estimate of drug-likeness (QED) is 0.115. The number of fused-ring (bicyclic) bond motifs is 1. The van der Waals surface area contributed by atoms with Gasteiger partial charge >= 0.3 is 5.97 Å². The summed E-state index contributed by atoms with van der Waals surface area (Å²) in [6.45, 7) is 8.39. The summed E-state index contributed by atoms with van der Waals surface area (Å²) in [5, 5.41) is 0.873. The van der Waals surface area contributed by atoms with Gasteiger partial charge in [-0.15, -0.1) is 5.92 Å². The van der Waals surface area contributed by atoms with Gasteiger partial charge in [-0.3, -0.25) is 9.59 Å². The summed E-state index contributed by atoms with van der Waals surface area (Å²) in [5.74, 6) is 7.08. The van der Waals surface area contributed by atoms with Gasteiger partial charge in [0, 0.05) is 34.1 Å². The summed E-state index contributed by atoms with van der Waals surface area (Å²) in [5.41, 5.74) is 5.23. The van der Waals surface area contributed by atoms with Crippen molar-refractivity contribution in [1.29, 1.82) is 0 Å². The number of H-pyrrole nitrogens is 1. The molecule has 0 saturated carbocycles. The number of ether oxygens (including phenoxy) is 2. The van der Waals surface area contributed by atoms with Gasteiger partial charge in [-0.1, -0.05) is 62.2 Å². The first-order valence-corrected chi connectivity index (χ1v) is 14.0. The third-order valence-electron chi connectivity index (χ3n) is 6.70. The van der Waals surface area contributed by atoms with E-state index >= 15 is 0 Å². The molecule has 0 aliphatic rings. The largest absolute Gasteiger partial charge is 0.473 e. The molecule has 0 spiro atoms. The van der Waals surface area contributed by atoms with E-state index in [9.17, 15) is 9.59 Å². The average molecular weight is 536 g/mol. The fourth-order valence-electron chi connectivity index (χ4n) is 4.86. The number of aromatic amines is 1. The summed E-state index contributed by atoms with van der Waals surface area (Å²) < 4.78 is 11.3.